The third-order valence-corrected chi connectivity index (χ3v) is 2.81. The fourth-order valence-corrected chi connectivity index (χ4v) is 1.96. The number of pyridine rings is 2. The number of hydrogen-bond donors (Lipinski definition) is 0. The molecule has 4 heteroatoms. The molecular formula is C14H8N2O2. The fraction of sp³-hybridized carbons (Fsp3) is 0. The summed E-state index contributed by atoms with van der Waals surface area (Å²) >= 11 is 0. The van der Waals surface area contributed by atoms with E-state index < -0.39 is 10.9 Å². The molecule has 0 fully saturated rings. The van der Waals surface area contributed by atoms with Crippen molar-refractivity contribution < 1.29 is 0 Å². The summed E-state index contributed by atoms with van der Waals surface area (Å²) in [4.78, 5) is 31.3. The van der Waals surface area contributed by atoms with Gasteiger partial charge in [-0.15, -0.1) is 0 Å². The summed E-state index contributed by atoms with van der Waals surface area (Å²) < 4.78 is 0. The van der Waals surface area contributed by atoms with Crippen molar-refractivity contribution in [3.05, 3.63) is 69.5 Å². The van der Waals surface area contributed by atoms with Gasteiger partial charge < -0.3 is 0 Å². The second-order valence-corrected chi connectivity index (χ2v) is 3.89. The molecule has 0 N–H and O–H groups in total. The Morgan fingerprint density at radius 1 is 0.722 bits per heavy atom. The molecular weight excluding hydrogens is 228 g/mol. The van der Waals surface area contributed by atoms with E-state index in [1.165, 1.54) is 0 Å². The lowest BCUT2D eigenvalue weighted by atomic mass is 9.91. The predicted molar refractivity (Wildman–Crippen MR) is 67.8 cm³/mol. The Hall–Kier alpha value is -2.62. The summed E-state index contributed by atoms with van der Waals surface area (Å²) in [7, 11) is 0. The largest absolute Gasteiger partial charge is 0.285 e. The zero-order valence-electron chi connectivity index (χ0n) is 9.33. The molecule has 3 rings (SSSR count). The van der Waals surface area contributed by atoms with Crippen molar-refractivity contribution in [3.63, 3.8) is 0 Å². The van der Waals surface area contributed by atoms with Gasteiger partial charge in [-0.3, -0.25) is 19.6 Å². The van der Waals surface area contributed by atoms with Crippen molar-refractivity contribution in [2.45, 2.75) is 0 Å². The summed E-state index contributed by atoms with van der Waals surface area (Å²) in [6.45, 7) is 0. The number of aromatic nitrogens is 2. The van der Waals surface area contributed by atoms with E-state index in [9.17, 15) is 9.59 Å². The number of hydrogen-bond acceptors (Lipinski definition) is 4. The fourth-order valence-electron chi connectivity index (χ4n) is 1.96. The van der Waals surface area contributed by atoms with Gasteiger partial charge in [0.1, 0.15) is 0 Å². The van der Waals surface area contributed by atoms with Crippen LogP contribution in [0, 0.1) is 0 Å². The van der Waals surface area contributed by atoms with Gasteiger partial charge in [-0.1, -0.05) is 12.1 Å². The van der Waals surface area contributed by atoms with Crippen molar-refractivity contribution >= 4 is 0 Å². The molecule has 0 saturated heterocycles. The molecule has 1 aromatic carbocycles. The van der Waals surface area contributed by atoms with Crippen LogP contribution in [-0.2, 0) is 0 Å². The molecule has 3 aromatic rings. The lowest BCUT2D eigenvalue weighted by Crippen LogP contribution is -2.35. The molecule has 0 radical (unpaired) electrons. The van der Waals surface area contributed by atoms with Crippen LogP contribution in [0.15, 0.2) is 58.6 Å². The number of rotatable bonds is 2. The van der Waals surface area contributed by atoms with Crippen molar-refractivity contribution in [3.8, 4) is 22.3 Å². The lowest BCUT2D eigenvalue weighted by Gasteiger charge is -2.10. The Morgan fingerprint density at radius 2 is 1.17 bits per heavy atom. The maximum atomic E-state index is 11.7. The van der Waals surface area contributed by atoms with E-state index >= 15 is 0 Å². The smallest absolute Gasteiger partial charge is 0.235 e. The standard InChI is InChI=1S/C14H8N2O2/c17-13-11(9-3-1-5-15-7-9)12(14(13)18)10-4-2-6-16-8-10/h1-8H. The van der Waals surface area contributed by atoms with Crippen molar-refractivity contribution in [1.82, 2.24) is 9.97 Å². The van der Waals surface area contributed by atoms with Crippen LogP contribution < -0.4 is 10.9 Å². The Labute approximate surface area is 102 Å². The van der Waals surface area contributed by atoms with Gasteiger partial charge in [-0.05, 0) is 12.1 Å². The summed E-state index contributed by atoms with van der Waals surface area (Å²) in [6, 6.07) is 7.00. The number of nitrogens with zero attached hydrogens (tertiary/aromatic N) is 2. The topological polar surface area (TPSA) is 59.9 Å². The SMILES string of the molecule is O=c1c(-c2cccnc2)c(-c2cccnc2)c1=O. The maximum absolute atomic E-state index is 11.7. The molecule has 0 unspecified atom stereocenters. The molecule has 0 amide bonds. The average Bonchev–Trinajstić information content (AvgIpc) is 2.45. The van der Waals surface area contributed by atoms with Gasteiger partial charge in [0.05, 0.1) is 0 Å². The van der Waals surface area contributed by atoms with E-state index in [2.05, 4.69) is 9.97 Å². The van der Waals surface area contributed by atoms with Gasteiger partial charge in [0.15, 0.2) is 0 Å². The zero-order chi connectivity index (χ0) is 12.5. The molecule has 86 valence electrons. The molecule has 4 nitrogen and oxygen atoms in total. The summed E-state index contributed by atoms with van der Waals surface area (Å²) in [6.07, 6.45) is 6.41. The first-order chi connectivity index (χ1) is 8.79. The Morgan fingerprint density at radius 3 is 1.50 bits per heavy atom. The molecule has 0 saturated carbocycles. The first-order valence-corrected chi connectivity index (χ1v) is 5.43. The van der Waals surface area contributed by atoms with Gasteiger partial charge in [0.2, 0.25) is 10.9 Å². The highest BCUT2D eigenvalue weighted by atomic mass is 16.2. The van der Waals surface area contributed by atoms with E-state index in [4.69, 9.17) is 0 Å². The Balaban J connectivity index is 2.23. The average molecular weight is 236 g/mol. The van der Waals surface area contributed by atoms with Crippen molar-refractivity contribution in [1.29, 1.82) is 0 Å². The summed E-state index contributed by atoms with van der Waals surface area (Å²) in [5.41, 5.74) is 1.29. The second kappa shape index (κ2) is 4.00. The zero-order valence-corrected chi connectivity index (χ0v) is 9.33. The van der Waals surface area contributed by atoms with E-state index in [1.54, 1.807) is 49.1 Å². The molecule has 0 aliphatic heterocycles. The molecule has 0 atom stereocenters. The van der Waals surface area contributed by atoms with Crippen LogP contribution in [-0.4, -0.2) is 9.97 Å². The Kier molecular flexibility index (Phi) is 2.34. The van der Waals surface area contributed by atoms with Crippen LogP contribution in [0.4, 0.5) is 0 Å². The van der Waals surface area contributed by atoms with Gasteiger partial charge in [0, 0.05) is 47.0 Å². The van der Waals surface area contributed by atoms with Gasteiger partial charge in [-0.25, -0.2) is 0 Å². The minimum absolute atomic E-state index is 0.432. The monoisotopic (exact) mass is 236 g/mol. The molecule has 0 aliphatic rings. The second-order valence-electron chi connectivity index (χ2n) is 3.89. The van der Waals surface area contributed by atoms with Crippen LogP contribution in [0.25, 0.3) is 22.3 Å². The minimum Gasteiger partial charge on any atom is -0.285 e. The quantitative estimate of drug-likeness (QED) is 0.631. The third kappa shape index (κ3) is 1.47. The maximum Gasteiger partial charge on any atom is 0.235 e. The first-order valence-electron chi connectivity index (χ1n) is 5.43. The first kappa shape index (κ1) is 10.5. The van der Waals surface area contributed by atoms with Crippen LogP contribution in [0.1, 0.15) is 0 Å². The van der Waals surface area contributed by atoms with Crippen LogP contribution >= 0.6 is 0 Å². The highest BCUT2D eigenvalue weighted by Gasteiger charge is 2.23. The predicted octanol–water partition coefficient (Wildman–Crippen LogP) is 1.41. The normalized spacial score (nSPS) is 10.7. The van der Waals surface area contributed by atoms with E-state index in [1.807, 2.05) is 0 Å². The minimum atomic E-state index is -0.457. The van der Waals surface area contributed by atoms with Gasteiger partial charge >= 0.3 is 0 Å². The van der Waals surface area contributed by atoms with E-state index in [0.29, 0.717) is 22.3 Å². The molecule has 18 heavy (non-hydrogen) atoms. The molecule has 0 aliphatic carbocycles. The Bertz CT molecular complexity index is 690. The highest BCUT2D eigenvalue weighted by Crippen LogP contribution is 2.26. The molecule has 0 bridgehead atoms. The molecule has 0 spiro atoms. The van der Waals surface area contributed by atoms with Crippen LogP contribution in [0.2, 0.25) is 0 Å². The lowest BCUT2D eigenvalue weighted by molar-refractivity contribution is 1.29. The van der Waals surface area contributed by atoms with Gasteiger partial charge in [-0.2, -0.15) is 0 Å². The molecule has 2 heterocycles. The van der Waals surface area contributed by atoms with E-state index in [-0.39, 0.29) is 0 Å². The van der Waals surface area contributed by atoms with Crippen molar-refractivity contribution in [2.24, 2.45) is 0 Å². The third-order valence-electron chi connectivity index (χ3n) is 2.81. The van der Waals surface area contributed by atoms with Crippen LogP contribution in [0.3, 0.4) is 0 Å². The van der Waals surface area contributed by atoms with Crippen molar-refractivity contribution in [2.75, 3.05) is 0 Å². The summed E-state index contributed by atoms with van der Waals surface area (Å²) in [5, 5.41) is 0. The summed E-state index contributed by atoms with van der Waals surface area (Å²) in [5.74, 6) is 0. The molecule has 2 aromatic heterocycles. The highest BCUT2D eigenvalue weighted by molar-refractivity contribution is 5.86. The van der Waals surface area contributed by atoms with Gasteiger partial charge in [0.25, 0.3) is 0 Å². The van der Waals surface area contributed by atoms with E-state index in [0.717, 1.165) is 0 Å². The van der Waals surface area contributed by atoms with Crippen LogP contribution in [0.5, 0.6) is 0 Å².